The third kappa shape index (κ3) is 5.41. The van der Waals surface area contributed by atoms with Crippen LogP contribution < -0.4 is 4.31 Å². The monoisotopic (exact) mass is 555 g/mol. The number of hydrogen-bond acceptors (Lipinski definition) is 6. The van der Waals surface area contributed by atoms with Gasteiger partial charge in [-0.05, 0) is 59.5 Å². The molecule has 3 aromatic carbocycles. The molecule has 196 valence electrons. The molecule has 0 spiro atoms. The second kappa shape index (κ2) is 10.7. The number of anilines is 1. The number of sulfonamides is 1. The van der Waals surface area contributed by atoms with Crippen LogP contribution in [0.25, 0.3) is 10.1 Å². The normalized spacial score (nSPS) is 11.3. The van der Waals surface area contributed by atoms with E-state index >= 15 is 0 Å². The molecule has 0 aliphatic carbocycles. The number of rotatable bonds is 8. The van der Waals surface area contributed by atoms with Gasteiger partial charge in [0.1, 0.15) is 0 Å². The summed E-state index contributed by atoms with van der Waals surface area (Å²) in [5.74, 6) is -0.0989. The number of nitrogens with zero attached hydrogens (tertiary/aromatic N) is 5. The predicted molar refractivity (Wildman–Crippen MR) is 152 cm³/mol. The predicted octanol–water partition coefficient (Wildman–Crippen LogP) is 5.12. The van der Waals surface area contributed by atoms with E-state index in [0.29, 0.717) is 28.4 Å². The standard InChI is InChI=1S/C29H25N5O3S2/c1-32(2)29(35)28-15-23-14-24(12-13-27(23)38-28)34(39(36,37)26-6-4-3-5-7-26)19-25-17-31-20-33(25)18-22-10-8-21(16-30)9-11-22/h3-15,17,20H,18-19H2,1-2H3. The van der Waals surface area contributed by atoms with Gasteiger partial charge >= 0.3 is 0 Å². The smallest absolute Gasteiger partial charge is 0.264 e. The van der Waals surface area contributed by atoms with Crippen molar-refractivity contribution in [2.45, 2.75) is 18.0 Å². The van der Waals surface area contributed by atoms with Crippen molar-refractivity contribution in [2.24, 2.45) is 0 Å². The summed E-state index contributed by atoms with van der Waals surface area (Å²) in [6.07, 6.45) is 3.33. The van der Waals surface area contributed by atoms with E-state index in [-0.39, 0.29) is 17.3 Å². The van der Waals surface area contributed by atoms with E-state index < -0.39 is 10.0 Å². The fourth-order valence-electron chi connectivity index (χ4n) is 4.20. The van der Waals surface area contributed by atoms with Crippen molar-refractivity contribution >= 4 is 43.0 Å². The number of fused-ring (bicyclic) bond motifs is 1. The maximum Gasteiger partial charge on any atom is 0.264 e. The number of aromatic nitrogens is 2. The zero-order valence-corrected chi connectivity index (χ0v) is 23.0. The average molecular weight is 556 g/mol. The second-order valence-corrected chi connectivity index (χ2v) is 12.1. The van der Waals surface area contributed by atoms with Gasteiger partial charge in [0, 0.05) is 31.5 Å². The molecule has 5 rings (SSSR count). The Kier molecular flexibility index (Phi) is 7.19. The first-order valence-corrected chi connectivity index (χ1v) is 14.3. The number of imidazole rings is 1. The highest BCUT2D eigenvalue weighted by Gasteiger charge is 2.27. The minimum atomic E-state index is -3.94. The Hall–Kier alpha value is -4.46. The summed E-state index contributed by atoms with van der Waals surface area (Å²) in [5, 5.41) is 9.87. The first-order chi connectivity index (χ1) is 18.8. The van der Waals surface area contributed by atoms with E-state index in [0.717, 1.165) is 15.6 Å². The lowest BCUT2D eigenvalue weighted by atomic mass is 10.1. The summed E-state index contributed by atoms with van der Waals surface area (Å²) >= 11 is 1.38. The van der Waals surface area contributed by atoms with Crippen LogP contribution in [0.2, 0.25) is 0 Å². The van der Waals surface area contributed by atoms with Crippen LogP contribution in [-0.4, -0.2) is 42.9 Å². The molecule has 0 radical (unpaired) electrons. The highest BCUT2D eigenvalue weighted by molar-refractivity contribution is 7.92. The SMILES string of the molecule is CN(C)C(=O)c1cc2cc(N(Cc3cncn3Cc3ccc(C#N)cc3)S(=O)(=O)c3ccccc3)ccc2s1. The van der Waals surface area contributed by atoms with Gasteiger partial charge in [-0.1, -0.05) is 30.3 Å². The van der Waals surface area contributed by atoms with Crippen LogP contribution >= 0.6 is 11.3 Å². The lowest BCUT2D eigenvalue weighted by Gasteiger charge is -2.25. The van der Waals surface area contributed by atoms with Crippen LogP contribution in [0, 0.1) is 11.3 Å². The van der Waals surface area contributed by atoms with E-state index in [1.54, 1.807) is 87.3 Å². The maximum absolute atomic E-state index is 13.9. The van der Waals surface area contributed by atoms with Crippen molar-refractivity contribution in [1.82, 2.24) is 14.5 Å². The highest BCUT2D eigenvalue weighted by Crippen LogP contribution is 2.33. The molecule has 0 aliphatic heterocycles. The second-order valence-electron chi connectivity index (χ2n) is 9.18. The van der Waals surface area contributed by atoms with Crippen LogP contribution in [0.5, 0.6) is 0 Å². The van der Waals surface area contributed by atoms with Crippen molar-refractivity contribution in [2.75, 3.05) is 18.4 Å². The number of nitriles is 1. The van der Waals surface area contributed by atoms with E-state index in [4.69, 9.17) is 5.26 Å². The van der Waals surface area contributed by atoms with Gasteiger partial charge < -0.3 is 9.47 Å². The molecule has 2 aromatic heterocycles. The molecule has 2 heterocycles. The molecule has 0 N–H and O–H groups in total. The average Bonchev–Trinajstić information content (AvgIpc) is 3.58. The van der Waals surface area contributed by atoms with Crippen molar-refractivity contribution < 1.29 is 13.2 Å². The Bertz CT molecular complexity index is 1780. The fraction of sp³-hybridized carbons (Fsp3) is 0.138. The Labute approximate surface area is 231 Å². The molecule has 0 aliphatic rings. The van der Waals surface area contributed by atoms with Gasteiger partial charge in [0.05, 0.1) is 45.7 Å². The third-order valence-electron chi connectivity index (χ3n) is 6.28. The highest BCUT2D eigenvalue weighted by atomic mass is 32.2. The minimum Gasteiger partial charge on any atom is -0.344 e. The number of carbonyl (C=O) groups is 1. The number of amides is 1. The molecular formula is C29H25N5O3S2. The van der Waals surface area contributed by atoms with Crippen LogP contribution in [0.4, 0.5) is 5.69 Å². The first kappa shape index (κ1) is 26.2. The third-order valence-corrected chi connectivity index (χ3v) is 9.17. The molecule has 1 amide bonds. The molecule has 0 saturated carbocycles. The number of benzene rings is 3. The number of carbonyl (C=O) groups excluding carboxylic acids is 1. The molecule has 39 heavy (non-hydrogen) atoms. The number of thiophene rings is 1. The van der Waals surface area contributed by atoms with Gasteiger partial charge in [-0.15, -0.1) is 11.3 Å². The van der Waals surface area contributed by atoms with Gasteiger partial charge in [0.15, 0.2) is 0 Å². The fourth-order valence-corrected chi connectivity index (χ4v) is 6.71. The molecule has 0 bridgehead atoms. The van der Waals surface area contributed by atoms with Gasteiger partial charge in [0.2, 0.25) is 0 Å². The van der Waals surface area contributed by atoms with Crippen molar-refractivity contribution in [1.29, 1.82) is 5.26 Å². The molecule has 0 fully saturated rings. The zero-order valence-electron chi connectivity index (χ0n) is 21.4. The van der Waals surface area contributed by atoms with E-state index in [1.807, 2.05) is 22.8 Å². The molecule has 0 unspecified atom stereocenters. The summed E-state index contributed by atoms with van der Waals surface area (Å²) < 4.78 is 32.1. The Balaban J connectivity index is 1.54. The first-order valence-electron chi connectivity index (χ1n) is 12.1. The summed E-state index contributed by atoms with van der Waals surface area (Å²) in [6, 6.07) is 24.9. The maximum atomic E-state index is 13.9. The van der Waals surface area contributed by atoms with E-state index in [1.165, 1.54) is 20.5 Å². The minimum absolute atomic E-state index is 0.0483. The van der Waals surface area contributed by atoms with Crippen molar-refractivity contribution in [3.8, 4) is 6.07 Å². The lowest BCUT2D eigenvalue weighted by molar-refractivity contribution is 0.0832. The molecule has 0 atom stereocenters. The van der Waals surface area contributed by atoms with Crippen LogP contribution in [0.15, 0.2) is 96.3 Å². The van der Waals surface area contributed by atoms with Crippen LogP contribution in [-0.2, 0) is 23.1 Å². The van der Waals surface area contributed by atoms with E-state index in [9.17, 15) is 13.2 Å². The Morgan fingerprint density at radius 1 is 1.03 bits per heavy atom. The Morgan fingerprint density at radius 2 is 1.77 bits per heavy atom. The van der Waals surface area contributed by atoms with Crippen molar-refractivity contribution in [3.05, 3.63) is 113 Å². The van der Waals surface area contributed by atoms with Crippen molar-refractivity contribution in [3.63, 3.8) is 0 Å². The van der Waals surface area contributed by atoms with Gasteiger partial charge in [-0.3, -0.25) is 9.10 Å². The van der Waals surface area contributed by atoms with E-state index in [2.05, 4.69) is 11.1 Å². The van der Waals surface area contributed by atoms with Crippen LogP contribution in [0.1, 0.15) is 26.5 Å². The largest absolute Gasteiger partial charge is 0.344 e. The molecule has 0 saturated heterocycles. The zero-order chi connectivity index (χ0) is 27.6. The molecule has 5 aromatic rings. The quantitative estimate of drug-likeness (QED) is 0.265. The summed E-state index contributed by atoms with van der Waals surface area (Å²) in [6.45, 7) is 0.520. The lowest BCUT2D eigenvalue weighted by Crippen LogP contribution is -2.31. The topological polar surface area (TPSA) is 99.3 Å². The van der Waals surface area contributed by atoms with Crippen LogP contribution in [0.3, 0.4) is 0 Å². The summed E-state index contributed by atoms with van der Waals surface area (Å²) in [7, 11) is -0.533. The van der Waals surface area contributed by atoms with Gasteiger partial charge in [-0.2, -0.15) is 5.26 Å². The van der Waals surface area contributed by atoms with Gasteiger partial charge in [-0.25, -0.2) is 13.4 Å². The molecular weight excluding hydrogens is 530 g/mol. The van der Waals surface area contributed by atoms with Gasteiger partial charge in [0.25, 0.3) is 15.9 Å². The molecule has 10 heteroatoms. The summed E-state index contributed by atoms with van der Waals surface area (Å²) in [5.41, 5.74) is 2.72. The molecule has 8 nitrogen and oxygen atoms in total. The Morgan fingerprint density at radius 3 is 2.46 bits per heavy atom. The number of hydrogen-bond donors (Lipinski definition) is 0. The summed E-state index contributed by atoms with van der Waals surface area (Å²) in [4.78, 5) is 19.1.